The molecule has 174 valence electrons. The highest BCUT2D eigenvalue weighted by Crippen LogP contribution is 2.47. The fraction of sp³-hybridized carbons (Fsp3) is 0.364. The smallest absolute Gasteiger partial charge is 0.418 e. The van der Waals surface area contributed by atoms with Crippen LogP contribution < -0.4 is 15.8 Å². The number of anilines is 2. The molecule has 4 heterocycles. The van der Waals surface area contributed by atoms with E-state index < -0.39 is 11.7 Å². The molecule has 3 aliphatic heterocycles. The van der Waals surface area contributed by atoms with Crippen LogP contribution in [0.15, 0.2) is 29.6 Å². The summed E-state index contributed by atoms with van der Waals surface area (Å²) >= 11 is 6.69. The molecule has 0 bridgehead atoms. The van der Waals surface area contributed by atoms with Crippen molar-refractivity contribution >= 4 is 28.9 Å². The molecule has 2 aromatic rings. The number of hydrogen-bond donors (Lipinski definition) is 2. The molecule has 0 spiro atoms. The van der Waals surface area contributed by atoms with E-state index in [4.69, 9.17) is 26.8 Å². The summed E-state index contributed by atoms with van der Waals surface area (Å²) in [5.74, 6) is 1.44. The molecule has 1 fully saturated rings. The minimum atomic E-state index is -4.64. The number of nitrogen functional groups attached to an aromatic ring is 1. The van der Waals surface area contributed by atoms with E-state index in [0.29, 0.717) is 35.3 Å². The number of aliphatic imine (C=N–C) groups is 1. The predicted molar refractivity (Wildman–Crippen MR) is 119 cm³/mol. The van der Waals surface area contributed by atoms with Crippen LogP contribution in [0.4, 0.5) is 24.7 Å². The summed E-state index contributed by atoms with van der Waals surface area (Å²) in [6, 6.07) is 2.66. The Kier molecular flexibility index (Phi) is 5.37. The summed E-state index contributed by atoms with van der Waals surface area (Å²) in [5, 5.41) is 3.19. The van der Waals surface area contributed by atoms with E-state index in [1.165, 1.54) is 25.3 Å². The Labute approximate surface area is 193 Å². The first-order valence-electron chi connectivity index (χ1n) is 10.4. The number of halogens is 4. The number of pyridine rings is 1. The zero-order valence-electron chi connectivity index (χ0n) is 17.7. The molecule has 1 aromatic heterocycles. The summed E-state index contributed by atoms with van der Waals surface area (Å²) in [7, 11) is 0. The van der Waals surface area contributed by atoms with Crippen LogP contribution in [-0.2, 0) is 10.9 Å². The molecule has 0 amide bonds. The summed E-state index contributed by atoms with van der Waals surface area (Å²) in [4.78, 5) is 10.6. The third-order valence-electron chi connectivity index (χ3n) is 5.90. The number of amidine groups is 1. The van der Waals surface area contributed by atoms with Gasteiger partial charge in [0.25, 0.3) is 0 Å². The Balaban J connectivity index is 1.63. The van der Waals surface area contributed by atoms with Gasteiger partial charge in [0.1, 0.15) is 30.3 Å². The van der Waals surface area contributed by atoms with Crippen molar-refractivity contribution in [1.82, 2.24) is 9.88 Å². The first kappa shape index (κ1) is 21.8. The summed E-state index contributed by atoms with van der Waals surface area (Å²) in [6.45, 7) is 3.75. The van der Waals surface area contributed by atoms with Crippen molar-refractivity contribution in [2.24, 2.45) is 10.9 Å². The van der Waals surface area contributed by atoms with E-state index in [1.807, 2.05) is 4.90 Å². The maximum Gasteiger partial charge on any atom is 0.418 e. The van der Waals surface area contributed by atoms with Crippen LogP contribution in [0.5, 0.6) is 5.75 Å². The van der Waals surface area contributed by atoms with E-state index in [9.17, 15) is 13.2 Å². The minimum absolute atomic E-state index is 0.0303. The minimum Gasteiger partial charge on any atom is -0.463 e. The van der Waals surface area contributed by atoms with Crippen molar-refractivity contribution in [3.63, 3.8) is 0 Å². The van der Waals surface area contributed by atoms with Crippen LogP contribution in [0, 0.1) is 12.8 Å². The van der Waals surface area contributed by atoms with Crippen molar-refractivity contribution in [3.8, 4) is 17.0 Å². The third-order valence-corrected chi connectivity index (χ3v) is 6.30. The molecule has 0 saturated carbocycles. The number of benzene rings is 1. The Morgan fingerprint density at radius 3 is 2.79 bits per heavy atom. The average Bonchev–Trinajstić information content (AvgIpc) is 2.88. The van der Waals surface area contributed by atoms with Crippen molar-refractivity contribution in [3.05, 3.63) is 46.3 Å². The molecule has 11 heteroatoms. The quantitative estimate of drug-likeness (QED) is 0.664. The van der Waals surface area contributed by atoms with Gasteiger partial charge in [-0.1, -0.05) is 11.6 Å². The number of nitrogens with two attached hydrogens (primary N) is 1. The second-order valence-corrected chi connectivity index (χ2v) is 8.55. The van der Waals surface area contributed by atoms with Gasteiger partial charge in [0.15, 0.2) is 0 Å². The Bertz CT molecular complexity index is 1180. The van der Waals surface area contributed by atoms with Gasteiger partial charge in [0.05, 0.1) is 40.7 Å². The number of nitrogens with one attached hydrogen (secondary N) is 1. The lowest BCUT2D eigenvalue weighted by Gasteiger charge is -2.31. The van der Waals surface area contributed by atoms with E-state index in [2.05, 4.69) is 15.3 Å². The van der Waals surface area contributed by atoms with E-state index in [-0.39, 0.29) is 34.3 Å². The Morgan fingerprint density at radius 1 is 1.30 bits per heavy atom. The average molecular weight is 480 g/mol. The highest BCUT2D eigenvalue weighted by atomic mass is 35.5. The molecule has 0 radical (unpaired) electrons. The van der Waals surface area contributed by atoms with E-state index in [0.717, 1.165) is 19.6 Å². The highest BCUT2D eigenvalue weighted by molar-refractivity contribution is 6.37. The van der Waals surface area contributed by atoms with Gasteiger partial charge in [-0.25, -0.2) is 9.98 Å². The van der Waals surface area contributed by atoms with Gasteiger partial charge in [-0.05, 0) is 31.0 Å². The zero-order valence-corrected chi connectivity index (χ0v) is 18.4. The van der Waals surface area contributed by atoms with Gasteiger partial charge >= 0.3 is 6.18 Å². The molecule has 5 rings (SSSR count). The van der Waals surface area contributed by atoms with Crippen LogP contribution >= 0.6 is 11.6 Å². The Hall–Kier alpha value is -2.98. The lowest BCUT2D eigenvalue weighted by molar-refractivity contribution is -0.137. The largest absolute Gasteiger partial charge is 0.463 e. The standard InChI is InChI=1S/C22H21ClF3N5O2/c1-11-6-15(27)30-19(17(11)22(24,25)26)13-7-14-16-20(18(13)23)28-10-29-21(16)31(4-5-33-14)3-2-12-8-32-9-12/h4-7,12,28H,2-3,8-10H2,1H3,(H2,27,30). The molecule has 0 atom stereocenters. The van der Waals surface area contributed by atoms with Gasteiger partial charge < -0.3 is 25.4 Å². The maximum absolute atomic E-state index is 13.9. The summed E-state index contributed by atoms with van der Waals surface area (Å²) in [5.41, 5.74) is 5.67. The third kappa shape index (κ3) is 3.87. The molecule has 1 saturated heterocycles. The number of nitrogens with zero attached hydrogens (tertiary/aromatic N) is 3. The monoisotopic (exact) mass is 479 g/mol. The van der Waals surface area contributed by atoms with Crippen molar-refractivity contribution < 1.29 is 22.6 Å². The molecule has 0 aliphatic carbocycles. The molecule has 1 aromatic carbocycles. The fourth-order valence-electron chi connectivity index (χ4n) is 4.25. The van der Waals surface area contributed by atoms with Crippen LogP contribution in [-0.4, -0.2) is 42.1 Å². The van der Waals surface area contributed by atoms with Crippen molar-refractivity contribution in [1.29, 1.82) is 0 Å². The molecular formula is C22H21ClF3N5O2. The lowest BCUT2D eigenvalue weighted by atomic mass is 9.97. The molecule has 7 nitrogen and oxygen atoms in total. The van der Waals surface area contributed by atoms with Gasteiger partial charge in [0, 0.05) is 24.2 Å². The topological polar surface area (TPSA) is 85.0 Å². The van der Waals surface area contributed by atoms with E-state index in [1.54, 1.807) is 6.20 Å². The fourth-order valence-corrected chi connectivity index (χ4v) is 4.55. The molecular weight excluding hydrogens is 459 g/mol. The van der Waals surface area contributed by atoms with Gasteiger partial charge in [-0.15, -0.1) is 0 Å². The van der Waals surface area contributed by atoms with Crippen LogP contribution in [0.1, 0.15) is 23.1 Å². The zero-order chi connectivity index (χ0) is 23.3. The number of ether oxygens (including phenoxy) is 2. The maximum atomic E-state index is 13.9. The van der Waals surface area contributed by atoms with Gasteiger partial charge in [-0.3, -0.25) is 0 Å². The number of alkyl halides is 3. The second-order valence-electron chi connectivity index (χ2n) is 8.18. The first-order valence-corrected chi connectivity index (χ1v) is 10.8. The summed E-state index contributed by atoms with van der Waals surface area (Å²) < 4.78 is 52.9. The molecule has 3 N–H and O–H groups in total. The van der Waals surface area contributed by atoms with E-state index >= 15 is 0 Å². The number of hydrogen-bond acceptors (Lipinski definition) is 7. The number of rotatable bonds is 4. The lowest BCUT2D eigenvalue weighted by Crippen LogP contribution is -2.35. The highest BCUT2D eigenvalue weighted by Gasteiger charge is 2.38. The Morgan fingerprint density at radius 2 is 2.09 bits per heavy atom. The first-order chi connectivity index (χ1) is 15.7. The van der Waals surface area contributed by atoms with Crippen LogP contribution in [0.25, 0.3) is 11.3 Å². The second kappa shape index (κ2) is 8.11. The van der Waals surface area contributed by atoms with Crippen LogP contribution in [0.3, 0.4) is 0 Å². The molecule has 0 unspecified atom stereocenters. The molecule has 33 heavy (non-hydrogen) atoms. The predicted octanol–water partition coefficient (Wildman–Crippen LogP) is 4.64. The van der Waals surface area contributed by atoms with Gasteiger partial charge in [0.2, 0.25) is 0 Å². The van der Waals surface area contributed by atoms with Crippen molar-refractivity contribution in [2.75, 3.05) is 37.5 Å². The summed E-state index contributed by atoms with van der Waals surface area (Å²) in [6.07, 6.45) is -0.468. The van der Waals surface area contributed by atoms with Crippen molar-refractivity contribution in [2.45, 2.75) is 19.5 Å². The number of aromatic nitrogens is 1. The van der Waals surface area contributed by atoms with Gasteiger partial charge in [-0.2, -0.15) is 13.2 Å². The normalized spacial score (nSPS) is 17.5. The molecule has 3 aliphatic rings. The van der Waals surface area contributed by atoms with Crippen LogP contribution in [0.2, 0.25) is 5.02 Å². The SMILES string of the molecule is Cc1cc(N)nc(-c2cc3c4c(c2Cl)NCN=C4N(CCC2COC2)C=CO3)c1C(F)(F)F. The number of aryl methyl sites for hydroxylation is 1.